The van der Waals surface area contributed by atoms with Crippen molar-refractivity contribution in [3.8, 4) is 11.3 Å². The van der Waals surface area contributed by atoms with Crippen molar-refractivity contribution in [3.05, 3.63) is 34.9 Å². The number of rotatable bonds is 4. The summed E-state index contributed by atoms with van der Waals surface area (Å²) < 4.78 is 5.47. The second kappa shape index (κ2) is 7.52. The van der Waals surface area contributed by atoms with E-state index in [-0.39, 0.29) is 12.2 Å². The minimum absolute atomic E-state index is 0.00408. The number of aromatic nitrogens is 2. The summed E-state index contributed by atoms with van der Waals surface area (Å²) >= 11 is 1.61. The van der Waals surface area contributed by atoms with Gasteiger partial charge in [-0.05, 0) is 31.3 Å². The third-order valence-corrected chi connectivity index (χ3v) is 4.59. The lowest BCUT2D eigenvalue weighted by molar-refractivity contribution is 0.0568. The molecule has 7 heteroatoms. The summed E-state index contributed by atoms with van der Waals surface area (Å²) in [5, 5.41) is 6.80. The summed E-state index contributed by atoms with van der Waals surface area (Å²) in [6, 6.07) is 2.00. The average Bonchev–Trinajstić information content (AvgIpc) is 3.10. The van der Waals surface area contributed by atoms with E-state index in [9.17, 15) is 4.79 Å². The molecule has 1 fully saturated rings. The first-order valence-electron chi connectivity index (χ1n) is 7.68. The van der Waals surface area contributed by atoms with Crippen LogP contribution in [0.25, 0.3) is 11.3 Å². The molecule has 0 aliphatic carbocycles. The Labute approximate surface area is 139 Å². The van der Waals surface area contributed by atoms with E-state index in [2.05, 4.69) is 27.2 Å². The number of carbonyl (C=O) groups excluding carboxylic acids is 1. The quantitative estimate of drug-likeness (QED) is 0.932. The Morgan fingerprint density at radius 3 is 2.91 bits per heavy atom. The highest BCUT2D eigenvalue weighted by Gasteiger charge is 2.20. The van der Waals surface area contributed by atoms with Gasteiger partial charge in [0.15, 0.2) is 0 Å². The van der Waals surface area contributed by atoms with E-state index < -0.39 is 0 Å². The average molecular weight is 332 g/mol. The molecule has 2 aromatic heterocycles. The smallest absolute Gasteiger partial charge is 0.407 e. The Morgan fingerprint density at radius 1 is 1.39 bits per heavy atom. The highest BCUT2D eigenvalue weighted by atomic mass is 32.1. The highest BCUT2D eigenvalue weighted by Crippen LogP contribution is 2.22. The molecule has 2 aromatic rings. The van der Waals surface area contributed by atoms with Crippen LogP contribution in [0.3, 0.4) is 0 Å². The molecule has 3 rings (SSSR count). The Morgan fingerprint density at radius 2 is 2.17 bits per heavy atom. The zero-order chi connectivity index (χ0) is 16.1. The molecule has 0 saturated carbocycles. The van der Waals surface area contributed by atoms with Crippen LogP contribution in [0.1, 0.15) is 18.5 Å². The molecule has 3 heterocycles. The fourth-order valence-corrected chi connectivity index (χ4v) is 3.23. The Kier molecular flexibility index (Phi) is 5.19. The van der Waals surface area contributed by atoms with Gasteiger partial charge < -0.3 is 15.0 Å². The first kappa shape index (κ1) is 15.9. The van der Waals surface area contributed by atoms with Crippen LogP contribution >= 0.6 is 11.3 Å². The van der Waals surface area contributed by atoms with Crippen LogP contribution in [0.4, 0.5) is 4.79 Å². The van der Waals surface area contributed by atoms with Gasteiger partial charge in [-0.2, -0.15) is 11.3 Å². The monoisotopic (exact) mass is 332 g/mol. The lowest BCUT2D eigenvalue weighted by Gasteiger charge is -2.28. The van der Waals surface area contributed by atoms with Crippen molar-refractivity contribution in [2.45, 2.75) is 25.5 Å². The Balaban J connectivity index is 1.55. The van der Waals surface area contributed by atoms with Crippen LogP contribution in [0, 0.1) is 0 Å². The van der Waals surface area contributed by atoms with E-state index in [1.165, 1.54) is 0 Å². The standard InChI is InChI=1S/C16H20N4O2S/c1-20-7-2-13(3-8-20)22-16(21)19-10-14-15(18-6-5-17-14)12-4-9-23-11-12/h4-6,9,11,13H,2-3,7-8,10H2,1H3,(H,19,21). The number of nitrogens with zero attached hydrogens (tertiary/aromatic N) is 3. The van der Waals surface area contributed by atoms with Crippen molar-refractivity contribution in [2.24, 2.45) is 0 Å². The fraction of sp³-hybridized carbons (Fsp3) is 0.438. The number of piperidine rings is 1. The van der Waals surface area contributed by atoms with E-state index in [1.807, 2.05) is 16.8 Å². The lowest BCUT2D eigenvalue weighted by Crippen LogP contribution is -2.37. The summed E-state index contributed by atoms with van der Waals surface area (Å²) in [5.41, 5.74) is 2.56. The van der Waals surface area contributed by atoms with Crippen molar-refractivity contribution < 1.29 is 9.53 Å². The van der Waals surface area contributed by atoms with Gasteiger partial charge in [0, 0.05) is 36.4 Å². The molecule has 1 aliphatic heterocycles. The number of hydrogen-bond donors (Lipinski definition) is 1. The summed E-state index contributed by atoms with van der Waals surface area (Å²) in [5.74, 6) is 0. The molecule has 1 N–H and O–H groups in total. The van der Waals surface area contributed by atoms with Crippen molar-refractivity contribution in [1.82, 2.24) is 20.2 Å². The predicted molar refractivity (Wildman–Crippen MR) is 89.2 cm³/mol. The van der Waals surface area contributed by atoms with Crippen molar-refractivity contribution >= 4 is 17.4 Å². The number of ether oxygens (including phenoxy) is 1. The number of amides is 1. The number of nitrogens with one attached hydrogen (secondary N) is 1. The Hall–Kier alpha value is -1.99. The molecule has 0 spiro atoms. The molecule has 122 valence electrons. The summed E-state index contributed by atoms with van der Waals surface area (Å²) in [6.45, 7) is 2.24. The molecular formula is C16H20N4O2S. The van der Waals surface area contributed by atoms with Gasteiger partial charge in [0.1, 0.15) is 6.10 Å². The minimum Gasteiger partial charge on any atom is -0.446 e. The van der Waals surface area contributed by atoms with Gasteiger partial charge in [-0.25, -0.2) is 4.79 Å². The zero-order valence-corrected chi connectivity index (χ0v) is 13.9. The van der Waals surface area contributed by atoms with E-state index in [0.717, 1.165) is 42.9 Å². The van der Waals surface area contributed by atoms with Crippen molar-refractivity contribution in [1.29, 1.82) is 0 Å². The molecule has 0 bridgehead atoms. The number of thiophene rings is 1. The largest absolute Gasteiger partial charge is 0.446 e. The highest BCUT2D eigenvalue weighted by molar-refractivity contribution is 7.08. The molecule has 0 atom stereocenters. The predicted octanol–water partition coefficient (Wildman–Crippen LogP) is 2.53. The second-order valence-electron chi connectivity index (χ2n) is 5.63. The molecule has 0 radical (unpaired) electrons. The van der Waals surface area contributed by atoms with Crippen LogP contribution in [0.5, 0.6) is 0 Å². The first-order chi connectivity index (χ1) is 11.2. The van der Waals surface area contributed by atoms with Crippen LogP contribution in [-0.4, -0.2) is 47.2 Å². The van der Waals surface area contributed by atoms with Crippen LogP contribution in [-0.2, 0) is 11.3 Å². The van der Waals surface area contributed by atoms with Gasteiger partial charge in [-0.1, -0.05) is 0 Å². The number of likely N-dealkylation sites (tertiary alicyclic amines) is 1. The second-order valence-corrected chi connectivity index (χ2v) is 6.41. The fourth-order valence-electron chi connectivity index (χ4n) is 2.59. The van der Waals surface area contributed by atoms with E-state index in [1.54, 1.807) is 23.7 Å². The minimum atomic E-state index is -0.388. The van der Waals surface area contributed by atoms with Crippen molar-refractivity contribution in [2.75, 3.05) is 20.1 Å². The van der Waals surface area contributed by atoms with Gasteiger partial charge in [0.2, 0.25) is 0 Å². The first-order valence-corrected chi connectivity index (χ1v) is 8.62. The number of carbonyl (C=O) groups is 1. The van der Waals surface area contributed by atoms with Crippen molar-refractivity contribution in [3.63, 3.8) is 0 Å². The lowest BCUT2D eigenvalue weighted by atomic mass is 10.1. The van der Waals surface area contributed by atoms with E-state index in [4.69, 9.17) is 4.74 Å². The van der Waals surface area contributed by atoms with Crippen LogP contribution in [0.15, 0.2) is 29.2 Å². The van der Waals surface area contributed by atoms with Gasteiger partial charge in [0.25, 0.3) is 0 Å². The molecule has 6 nitrogen and oxygen atoms in total. The molecule has 23 heavy (non-hydrogen) atoms. The summed E-state index contributed by atoms with van der Waals surface area (Å²) in [4.78, 5) is 22.9. The molecule has 0 unspecified atom stereocenters. The van der Waals surface area contributed by atoms with Gasteiger partial charge >= 0.3 is 6.09 Å². The Bertz CT molecular complexity index is 639. The topological polar surface area (TPSA) is 67.3 Å². The molecule has 1 amide bonds. The number of hydrogen-bond acceptors (Lipinski definition) is 6. The van der Waals surface area contributed by atoms with Gasteiger partial charge in [-0.3, -0.25) is 9.97 Å². The maximum Gasteiger partial charge on any atom is 0.407 e. The van der Waals surface area contributed by atoms with Crippen LogP contribution in [0.2, 0.25) is 0 Å². The van der Waals surface area contributed by atoms with Gasteiger partial charge in [0.05, 0.1) is 17.9 Å². The maximum atomic E-state index is 12.0. The SMILES string of the molecule is CN1CCC(OC(=O)NCc2nccnc2-c2ccsc2)CC1. The van der Waals surface area contributed by atoms with E-state index in [0.29, 0.717) is 6.54 Å². The molecule has 1 aliphatic rings. The van der Waals surface area contributed by atoms with E-state index >= 15 is 0 Å². The third kappa shape index (κ3) is 4.27. The summed E-state index contributed by atoms with van der Waals surface area (Å²) in [6.07, 6.45) is 4.68. The maximum absolute atomic E-state index is 12.0. The van der Waals surface area contributed by atoms with Crippen LogP contribution < -0.4 is 5.32 Å². The third-order valence-electron chi connectivity index (χ3n) is 3.91. The molecule has 1 saturated heterocycles. The number of alkyl carbamates (subject to hydrolysis) is 1. The molecular weight excluding hydrogens is 312 g/mol. The normalized spacial score (nSPS) is 16.2. The zero-order valence-electron chi connectivity index (χ0n) is 13.1. The summed E-state index contributed by atoms with van der Waals surface area (Å²) in [7, 11) is 2.08. The molecule has 0 aromatic carbocycles. The van der Waals surface area contributed by atoms with Gasteiger partial charge in [-0.15, -0.1) is 0 Å².